The van der Waals surface area contributed by atoms with Gasteiger partial charge in [0.1, 0.15) is 0 Å². The van der Waals surface area contributed by atoms with Gasteiger partial charge in [0.2, 0.25) is 10.0 Å². The molecule has 34 heavy (non-hydrogen) atoms. The summed E-state index contributed by atoms with van der Waals surface area (Å²) in [5, 5.41) is 3.46. The molecule has 0 radical (unpaired) electrons. The number of fused-ring (bicyclic) bond motifs is 1. The molecule has 1 aliphatic rings. The van der Waals surface area contributed by atoms with Crippen LogP contribution in [0.25, 0.3) is 21.7 Å². The average molecular weight is 490 g/mol. The molecule has 0 aliphatic carbocycles. The molecule has 0 saturated heterocycles. The maximum Gasteiger partial charge on any atom is 0.257 e. The van der Waals surface area contributed by atoms with Crippen molar-refractivity contribution in [2.24, 2.45) is 0 Å². The van der Waals surface area contributed by atoms with E-state index >= 15 is 0 Å². The quantitative estimate of drug-likeness (QED) is 0.405. The molecule has 3 aromatic carbocycles. The van der Waals surface area contributed by atoms with Gasteiger partial charge < -0.3 is 0 Å². The van der Waals surface area contributed by atoms with E-state index in [2.05, 4.69) is 5.32 Å². The summed E-state index contributed by atoms with van der Waals surface area (Å²) in [7, 11) is -3.35. The van der Waals surface area contributed by atoms with Crippen LogP contribution < -0.4 is 9.62 Å². The fourth-order valence-electron chi connectivity index (χ4n) is 4.17. The molecule has 0 unspecified atom stereocenters. The molecular weight excluding hydrogens is 466 g/mol. The first-order valence-electron chi connectivity index (χ1n) is 10.9. The number of aromatic nitrogens is 1. The van der Waals surface area contributed by atoms with Crippen LogP contribution in [-0.4, -0.2) is 32.1 Å². The monoisotopic (exact) mass is 489 g/mol. The van der Waals surface area contributed by atoms with Crippen LogP contribution in [0.15, 0.2) is 78.9 Å². The second kappa shape index (κ2) is 9.04. The lowest BCUT2D eigenvalue weighted by atomic mass is 10.0. The largest absolute Gasteiger partial charge is 0.298 e. The number of sulfonamides is 1. The molecule has 172 valence electrons. The Labute approximate surface area is 203 Å². The molecule has 1 aromatic heterocycles. The molecule has 0 spiro atoms. The number of nitrogens with zero attached hydrogens (tertiary/aromatic N) is 2. The SMILES string of the molecule is CS(=O)(=O)N1CCCc2cc(C(=O)Nc3nc(-c4ccccc4)c(-c4ccccc4)s3)ccc21. The van der Waals surface area contributed by atoms with Crippen LogP contribution in [0, 0.1) is 0 Å². The number of thiazole rings is 1. The summed E-state index contributed by atoms with van der Waals surface area (Å²) >= 11 is 1.43. The molecule has 0 saturated carbocycles. The number of amides is 1. The molecule has 1 amide bonds. The van der Waals surface area contributed by atoms with Gasteiger partial charge in [-0.1, -0.05) is 72.0 Å². The first-order chi connectivity index (χ1) is 16.4. The van der Waals surface area contributed by atoms with E-state index < -0.39 is 10.0 Å². The number of hydrogen-bond donors (Lipinski definition) is 1. The lowest BCUT2D eigenvalue weighted by Gasteiger charge is -2.29. The van der Waals surface area contributed by atoms with Crippen molar-refractivity contribution in [2.45, 2.75) is 12.8 Å². The van der Waals surface area contributed by atoms with Gasteiger partial charge in [-0.05, 0) is 42.2 Å². The first-order valence-corrected chi connectivity index (χ1v) is 13.6. The molecule has 2 heterocycles. The van der Waals surface area contributed by atoms with Crippen molar-refractivity contribution in [3.05, 3.63) is 90.0 Å². The van der Waals surface area contributed by atoms with Crippen molar-refractivity contribution in [3.8, 4) is 21.7 Å². The summed E-state index contributed by atoms with van der Waals surface area (Å²) < 4.78 is 25.6. The maximum absolute atomic E-state index is 13.1. The van der Waals surface area contributed by atoms with Crippen LogP contribution in [0.1, 0.15) is 22.3 Å². The Morgan fingerprint density at radius 3 is 2.32 bits per heavy atom. The lowest BCUT2D eigenvalue weighted by Crippen LogP contribution is -2.34. The lowest BCUT2D eigenvalue weighted by molar-refractivity contribution is 0.102. The van der Waals surface area contributed by atoms with Gasteiger partial charge in [0.05, 0.1) is 22.5 Å². The Morgan fingerprint density at radius 1 is 0.971 bits per heavy atom. The van der Waals surface area contributed by atoms with Gasteiger partial charge in [-0.2, -0.15) is 0 Å². The molecule has 8 heteroatoms. The van der Waals surface area contributed by atoms with Gasteiger partial charge in [0, 0.05) is 17.7 Å². The number of hydrogen-bond acceptors (Lipinski definition) is 5. The highest BCUT2D eigenvalue weighted by molar-refractivity contribution is 7.92. The first kappa shape index (κ1) is 22.3. The van der Waals surface area contributed by atoms with E-state index in [1.54, 1.807) is 18.2 Å². The second-order valence-corrected chi connectivity index (χ2v) is 11.1. The van der Waals surface area contributed by atoms with Crippen LogP contribution in [0.2, 0.25) is 0 Å². The zero-order chi connectivity index (χ0) is 23.7. The highest BCUT2D eigenvalue weighted by Crippen LogP contribution is 2.39. The average Bonchev–Trinajstić information content (AvgIpc) is 3.27. The van der Waals surface area contributed by atoms with E-state index in [0.717, 1.165) is 40.1 Å². The Bertz CT molecular complexity index is 1390. The Morgan fingerprint density at radius 2 is 1.65 bits per heavy atom. The maximum atomic E-state index is 13.1. The predicted molar refractivity (Wildman–Crippen MR) is 138 cm³/mol. The van der Waals surface area contributed by atoms with Crippen molar-refractivity contribution < 1.29 is 13.2 Å². The van der Waals surface area contributed by atoms with Crippen LogP contribution in [-0.2, 0) is 16.4 Å². The number of carbonyl (C=O) groups is 1. The van der Waals surface area contributed by atoms with Crippen LogP contribution in [0.5, 0.6) is 0 Å². The van der Waals surface area contributed by atoms with Gasteiger partial charge in [0.15, 0.2) is 5.13 Å². The number of rotatable bonds is 5. The minimum atomic E-state index is -3.35. The second-order valence-electron chi connectivity index (χ2n) is 8.17. The summed E-state index contributed by atoms with van der Waals surface area (Å²) in [6.45, 7) is 0.459. The van der Waals surface area contributed by atoms with Crippen LogP contribution in [0.3, 0.4) is 0 Å². The molecule has 1 aliphatic heterocycles. The van der Waals surface area contributed by atoms with Gasteiger partial charge >= 0.3 is 0 Å². The van der Waals surface area contributed by atoms with E-state index in [1.165, 1.54) is 21.9 Å². The fraction of sp³-hybridized carbons (Fsp3) is 0.154. The molecule has 4 aromatic rings. The van der Waals surface area contributed by atoms with Crippen molar-refractivity contribution >= 4 is 38.1 Å². The Kier molecular flexibility index (Phi) is 5.93. The smallest absolute Gasteiger partial charge is 0.257 e. The molecule has 6 nitrogen and oxygen atoms in total. The molecule has 1 N–H and O–H groups in total. The molecule has 0 atom stereocenters. The van der Waals surface area contributed by atoms with Crippen molar-refractivity contribution in [1.82, 2.24) is 4.98 Å². The summed E-state index contributed by atoms with van der Waals surface area (Å²) in [4.78, 5) is 18.8. The third-order valence-corrected chi connectivity index (χ3v) is 7.95. The minimum Gasteiger partial charge on any atom is -0.298 e. The van der Waals surface area contributed by atoms with E-state index in [1.807, 2.05) is 60.7 Å². The molecule has 5 rings (SSSR count). The summed E-state index contributed by atoms with van der Waals surface area (Å²) in [5.74, 6) is -0.271. The highest BCUT2D eigenvalue weighted by Gasteiger charge is 2.25. The highest BCUT2D eigenvalue weighted by atomic mass is 32.2. The van der Waals surface area contributed by atoms with E-state index in [9.17, 15) is 13.2 Å². The summed E-state index contributed by atoms with van der Waals surface area (Å²) in [6, 6.07) is 25.1. The minimum absolute atomic E-state index is 0.271. The summed E-state index contributed by atoms with van der Waals surface area (Å²) in [6.07, 6.45) is 2.66. The number of anilines is 2. The standard InChI is InChI=1S/C26H23N3O3S2/c1-34(31,32)29-16-8-13-20-17-21(14-15-22(20)29)25(30)28-26-27-23(18-9-4-2-5-10-18)24(33-26)19-11-6-3-7-12-19/h2-7,9-12,14-15,17H,8,13,16H2,1H3,(H,27,28,30). The van der Waals surface area contributed by atoms with Crippen molar-refractivity contribution in [1.29, 1.82) is 0 Å². The topological polar surface area (TPSA) is 79.4 Å². The number of carbonyl (C=O) groups excluding carboxylic acids is 1. The van der Waals surface area contributed by atoms with Crippen LogP contribution in [0.4, 0.5) is 10.8 Å². The van der Waals surface area contributed by atoms with Crippen molar-refractivity contribution in [2.75, 3.05) is 22.4 Å². The molecular formula is C26H23N3O3S2. The Balaban J connectivity index is 1.46. The van der Waals surface area contributed by atoms with Gasteiger partial charge in [-0.15, -0.1) is 0 Å². The summed E-state index contributed by atoms with van der Waals surface area (Å²) in [5.41, 5.74) is 4.82. The van der Waals surface area contributed by atoms with Gasteiger partial charge in [0.25, 0.3) is 5.91 Å². The van der Waals surface area contributed by atoms with E-state index in [0.29, 0.717) is 22.9 Å². The third kappa shape index (κ3) is 4.47. The zero-order valence-corrected chi connectivity index (χ0v) is 20.2. The number of aryl methyl sites for hydroxylation is 1. The van der Waals surface area contributed by atoms with Gasteiger partial charge in [-0.25, -0.2) is 13.4 Å². The number of benzene rings is 3. The molecule has 0 bridgehead atoms. The Hall–Kier alpha value is -3.49. The van der Waals surface area contributed by atoms with Gasteiger partial charge in [-0.3, -0.25) is 14.4 Å². The zero-order valence-electron chi connectivity index (χ0n) is 18.6. The third-order valence-electron chi connectivity index (χ3n) is 5.75. The van der Waals surface area contributed by atoms with Crippen LogP contribution >= 0.6 is 11.3 Å². The van der Waals surface area contributed by atoms with Crippen molar-refractivity contribution in [3.63, 3.8) is 0 Å². The van der Waals surface area contributed by atoms with E-state index in [4.69, 9.17) is 4.98 Å². The molecule has 0 fully saturated rings. The van der Waals surface area contributed by atoms with E-state index in [-0.39, 0.29) is 5.91 Å². The normalized spacial score (nSPS) is 13.4. The predicted octanol–water partition coefficient (Wildman–Crippen LogP) is 5.44. The fourth-order valence-corrected chi connectivity index (χ4v) is 6.15. The number of nitrogens with one attached hydrogen (secondary N) is 1.